The molecule has 0 saturated heterocycles. The Kier molecular flexibility index (Phi) is 8.07. The smallest absolute Gasteiger partial charge is 0.0871 e. The second kappa shape index (κ2) is 8.41. The van der Waals surface area contributed by atoms with Crippen molar-refractivity contribution in [2.24, 2.45) is 11.6 Å². The number of thiol groups is 1. The summed E-state index contributed by atoms with van der Waals surface area (Å²) in [6.07, 6.45) is 3.33. The van der Waals surface area contributed by atoms with Crippen LogP contribution >= 0.6 is 12.6 Å². The predicted octanol–water partition coefficient (Wildman–Crippen LogP) is 0.500. The van der Waals surface area contributed by atoms with Gasteiger partial charge in [-0.1, -0.05) is 6.08 Å². The summed E-state index contributed by atoms with van der Waals surface area (Å²) in [4.78, 5) is 0. The van der Waals surface area contributed by atoms with Crippen molar-refractivity contribution in [1.82, 2.24) is 5.01 Å². The minimum absolute atomic E-state index is 0.351. The fourth-order valence-corrected chi connectivity index (χ4v) is 1.52. The predicted molar refractivity (Wildman–Crippen MR) is 73.4 cm³/mol. The van der Waals surface area contributed by atoms with Gasteiger partial charge in [0.25, 0.3) is 0 Å². The quantitative estimate of drug-likeness (QED) is 0.185. The van der Waals surface area contributed by atoms with Crippen LogP contribution in [0, 0.1) is 0 Å². The van der Waals surface area contributed by atoms with Crippen LogP contribution in [0.25, 0.3) is 0 Å². The van der Waals surface area contributed by atoms with Crippen LogP contribution in [0.1, 0.15) is 6.92 Å². The van der Waals surface area contributed by atoms with E-state index in [1.165, 1.54) is 5.01 Å². The molecule has 4 N–H and O–H groups in total. The molecule has 6 heteroatoms. The zero-order valence-corrected chi connectivity index (χ0v) is 11.5. The molecule has 0 radical (unpaired) electrons. The molecule has 0 bridgehead atoms. The molecule has 0 rings (SSSR count). The second-order valence-electron chi connectivity index (χ2n) is 4.11. The molecule has 0 fully saturated rings. The number of hydrogen-bond acceptors (Lipinski definition) is 6. The normalized spacial score (nSPS) is 15.4. The lowest BCUT2D eigenvalue weighted by atomic mass is 10.2. The summed E-state index contributed by atoms with van der Waals surface area (Å²) in [5, 5.41) is 1.48. The SMILES string of the molecule is C=CCOCC(C)(S)CN(N)/C=C(\N)COC. The van der Waals surface area contributed by atoms with Gasteiger partial charge in [0.15, 0.2) is 0 Å². The van der Waals surface area contributed by atoms with Gasteiger partial charge in [-0.25, -0.2) is 5.84 Å². The molecule has 0 aromatic heterocycles. The third-order valence-corrected chi connectivity index (χ3v) is 2.09. The monoisotopic (exact) mass is 261 g/mol. The van der Waals surface area contributed by atoms with E-state index < -0.39 is 0 Å². The number of rotatable bonds is 9. The average molecular weight is 261 g/mol. The Bertz CT molecular complexity index is 257. The summed E-state index contributed by atoms with van der Waals surface area (Å²) < 4.78 is 9.87. The standard InChI is InChI=1S/C11H23N3O2S/c1-4-5-16-9-11(2,17)8-14(13)6-10(12)7-15-3/h4,6,17H,1,5,7-9,12-13H2,2-3H3/b10-6-. The minimum atomic E-state index is -0.360. The highest BCUT2D eigenvalue weighted by molar-refractivity contribution is 7.81. The highest BCUT2D eigenvalue weighted by Crippen LogP contribution is 2.15. The molecule has 0 aromatic carbocycles. The van der Waals surface area contributed by atoms with E-state index in [0.29, 0.717) is 32.1 Å². The highest BCUT2D eigenvalue weighted by atomic mass is 32.1. The van der Waals surface area contributed by atoms with Gasteiger partial charge in [-0.3, -0.25) is 0 Å². The van der Waals surface area contributed by atoms with Crippen molar-refractivity contribution >= 4 is 12.6 Å². The van der Waals surface area contributed by atoms with E-state index in [4.69, 9.17) is 21.1 Å². The average Bonchev–Trinajstić information content (AvgIpc) is 2.16. The van der Waals surface area contributed by atoms with Crippen molar-refractivity contribution in [3.05, 3.63) is 24.6 Å². The Morgan fingerprint density at radius 2 is 2.24 bits per heavy atom. The van der Waals surface area contributed by atoms with Gasteiger partial charge < -0.3 is 20.2 Å². The van der Waals surface area contributed by atoms with Crippen molar-refractivity contribution in [2.45, 2.75) is 11.7 Å². The second-order valence-corrected chi connectivity index (χ2v) is 5.19. The van der Waals surface area contributed by atoms with Crippen molar-refractivity contribution in [3.63, 3.8) is 0 Å². The van der Waals surface area contributed by atoms with Gasteiger partial charge in [-0.05, 0) is 6.92 Å². The molecule has 1 unspecified atom stereocenters. The van der Waals surface area contributed by atoms with E-state index in [2.05, 4.69) is 19.2 Å². The fourth-order valence-electron chi connectivity index (χ4n) is 1.26. The van der Waals surface area contributed by atoms with Crippen molar-refractivity contribution in [3.8, 4) is 0 Å². The zero-order chi connectivity index (χ0) is 13.3. The lowest BCUT2D eigenvalue weighted by molar-refractivity contribution is 0.130. The van der Waals surface area contributed by atoms with Crippen LogP contribution in [0.4, 0.5) is 0 Å². The summed E-state index contributed by atoms with van der Waals surface area (Å²) in [5.74, 6) is 5.79. The molecule has 0 saturated carbocycles. The first-order valence-corrected chi connectivity index (χ1v) is 5.73. The third-order valence-electron chi connectivity index (χ3n) is 1.81. The Labute approximate surface area is 109 Å². The van der Waals surface area contributed by atoms with Crippen LogP contribution in [0.15, 0.2) is 24.6 Å². The molecular weight excluding hydrogens is 238 g/mol. The maximum atomic E-state index is 5.79. The number of nitrogens with zero attached hydrogens (tertiary/aromatic N) is 1. The summed E-state index contributed by atoms with van der Waals surface area (Å²) >= 11 is 4.49. The first-order valence-electron chi connectivity index (χ1n) is 5.29. The Morgan fingerprint density at radius 3 is 2.76 bits per heavy atom. The molecular formula is C11H23N3O2S. The van der Waals surface area contributed by atoms with E-state index >= 15 is 0 Å². The maximum Gasteiger partial charge on any atom is 0.0871 e. The summed E-state index contributed by atoms with van der Waals surface area (Å²) in [7, 11) is 1.58. The van der Waals surface area contributed by atoms with Gasteiger partial charge in [-0.2, -0.15) is 12.6 Å². The molecule has 0 aromatic rings. The van der Waals surface area contributed by atoms with Crippen molar-refractivity contribution < 1.29 is 9.47 Å². The number of hydrazine groups is 1. The van der Waals surface area contributed by atoms with Crippen molar-refractivity contribution in [1.29, 1.82) is 0 Å². The van der Waals surface area contributed by atoms with E-state index in [0.717, 1.165) is 0 Å². The summed E-state index contributed by atoms with van der Waals surface area (Å²) in [5.41, 5.74) is 6.23. The van der Waals surface area contributed by atoms with E-state index in [1.54, 1.807) is 19.4 Å². The summed E-state index contributed by atoms with van der Waals surface area (Å²) in [6.45, 7) is 7.36. The number of ether oxygens (including phenoxy) is 2. The molecule has 5 nitrogen and oxygen atoms in total. The van der Waals surface area contributed by atoms with Gasteiger partial charge in [-0.15, -0.1) is 6.58 Å². The number of nitrogens with two attached hydrogens (primary N) is 2. The van der Waals surface area contributed by atoms with Crippen LogP contribution < -0.4 is 11.6 Å². The maximum absolute atomic E-state index is 5.79. The molecule has 0 aliphatic rings. The topological polar surface area (TPSA) is 73.7 Å². The highest BCUT2D eigenvalue weighted by Gasteiger charge is 2.21. The van der Waals surface area contributed by atoms with Crippen LogP contribution in [-0.2, 0) is 9.47 Å². The molecule has 0 aliphatic heterocycles. The molecule has 17 heavy (non-hydrogen) atoms. The number of hydrogen-bond donors (Lipinski definition) is 3. The molecule has 1 atom stereocenters. The summed E-state index contributed by atoms with van der Waals surface area (Å²) in [6, 6.07) is 0. The Balaban J connectivity index is 4.11. The Hall–Kier alpha value is -0.690. The molecule has 100 valence electrons. The van der Waals surface area contributed by atoms with E-state index in [-0.39, 0.29) is 4.75 Å². The molecule has 0 amide bonds. The van der Waals surface area contributed by atoms with Gasteiger partial charge in [0.05, 0.1) is 36.8 Å². The largest absolute Gasteiger partial charge is 0.399 e. The van der Waals surface area contributed by atoms with Crippen LogP contribution in [0.5, 0.6) is 0 Å². The van der Waals surface area contributed by atoms with Crippen LogP contribution in [0.3, 0.4) is 0 Å². The van der Waals surface area contributed by atoms with Gasteiger partial charge in [0.2, 0.25) is 0 Å². The van der Waals surface area contributed by atoms with Crippen molar-refractivity contribution in [2.75, 3.05) is 33.5 Å². The zero-order valence-electron chi connectivity index (χ0n) is 10.6. The van der Waals surface area contributed by atoms with Gasteiger partial charge in [0.1, 0.15) is 0 Å². The lowest BCUT2D eigenvalue weighted by Crippen LogP contribution is -2.41. The van der Waals surface area contributed by atoms with Crippen LogP contribution in [0.2, 0.25) is 0 Å². The minimum Gasteiger partial charge on any atom is -0.399 e. The first kappa shape index (κ1) is 16.3. The molecule has 0 aliphatic carbocycles. The first-order chi connectivity index (χ1) is 7.91. The van der Waals surface area contributed by atoms with Crippen LogP contribution in [-0.4, -0.2) is 43.2 Å². The fraction of sp³-hybridized carbons (Fsp3) is 0.636. The van der Waals surface area contributed by atoms with Gasteiger partial charge >= 0.3 is 0 Å². The van der Waals surface area contributed by atoms with E-state index in [1.807, 2.05) is 6.92 Å². The van der Waals surface area contributed by atoms with E-state index in [9.17, 15) is 0 Å². The third kappa shape index (κ3) is 9.05. The molecule has 0 spiro atoms. The molecule has 0 heterocycles. The Morgan fingerprint density at radius 1 is 1.59 bits per heavy atom. The lowest BCUT2D eigenvalue weighted by Gasteiger charge is -2.28. The number of methoxy groups -OCH3 is 1. The van der Waals surface area contributed by atoms with Gasteiger partial charge in [0, 0.05) is 13.3 Å².